The molecular weight excluding hydrogens is 349 g/mol. The van der Waals surface area contributed by atoms with Gasteiger partial charge in [0.05, 0.1) is 5.69 Å². The maximum atomic E-state index is 14.0. The lowest BCUT2D eigenvalue weighted by atomic mass is 9.94. The maximum Gasteiger partial charge on any atom is 0.249 e. The van der Waals surface area contributed by atoms with Gasteiger partial charge in [0.1, 0.15) is 11.9 Å². The number of anilines is 1. The quantitative estimate of drug-likeness (QED) is 0.819. The number of carbonyl (C=O) groups excluding carboxylic acids is 3. The van der Waals surface area contributed by atoms with E-state index in [4.69, 9.17) is 0 Å². The number of likely N-dealkylation sites (tertiary alicyclic amines) is 1. The highest BCUT2D eigenvalue weighted by atomic mass is 19.1. The third kappa shape index (κ3) is 4.18. The molecule has 1 aromatic carbocycles. The highest BCUT2D eigenvalue weighted by Gasteiger charge is 2.34. The van der Waals surface area contributed by atoms with Gasteiger partial charge in [0, 0.05) is 25.6 Å². The van der Waals surface area contributed by atoms with Gasteiger partial charge in [-0.1, -0.05) is 18.7 Å². The van der Waals surface area contributed by atoms with E-state index in [0.29, 0.717) is 45.3 Å². The maximum absolute atomic E-state index is 14.0. The number of nitrogens with zero attached hydrogens (tertiary/aromatic N) is 2. The van der Waals surface area contributed by atoms with Crippen molar-refractivity contribution < 1.29 is 18.8 Å². The lowest BCUT2D eigenvalue weighted by molar-refractivity contribution is -0.134. The molecule has 0 aliphatic carbocycles. The van der Waals surface area contributed by atoms with Gasteiger partial charge in [0.2, 0.25) is 17.7 Å². The van der Waals surface area contributed by atoms with Crippen LogP contribution < -0.4 is 10.2 Å². The number of halogens is 1. The van der Waals surface area contributed by atoms with Crippen molar-refractivity contribution in [2.24, 2.45) is 5.92 Å². The summed E-state index contributed by atoms with van der Waals surface area (Å²) in [5.41, 5.74) is 0.248. The molecule has 1 aromatic rings. The van der Waals surface area contributed by atoms with Crippen molar-refractivity contribution >= 4 is 23.4 Å². The van der Waals surface area contributed by atoms with E-state index >= 15 is 0 Å². The van der Waals surface area contributed by atoms with Crippen LogP contribution in [-0.2, 0) is 14.4 Å². The zero-order valence-corrected chi connectivity index (χ0v) is 15.2. The van der Waals surface area contributed by atoms with Gasteiger partial charge in [-0.2, -0.15) is 0 Å². The topological polar surface area (TPSA) is 69.7 Å². The minimum atomic E-state index is -0.640. The number of hydrogen-bond donors (Lipinski definition) is 1. The predicted octanol–water partition coefficient (Wildman–Crippen LogP) is 1.86. The minimum absolute atomic E-state index is 0.128. The normalized spacial score (nSPS) is 21.1. The van der Waals surface area contributed by atoms with Crippen molar-refractivity contribution in [2.45, 2.75) is 31.7 Å². The molecule has 0 saturated carbocycles. The SMILES string of the molecule is C=CC(=O)N1CCC(C(=O)NC2CCCN(c3ccccc3F)C2=O)CC1. The Balaban J connectivity index is 1.60. The van der Waals surface area contributed by atoms with E-state index in [2.05, 4.69) is 11.9 Å². The van der Waals surface area contributed by atoms with Gasteiger partial charge in [-0.15, -0.1) is 0 Å². The Bertz CT molecular complexity index is 744. The van der Waals surface area contributed by atoms with Gasteiger partial charge in [-0.3, -0.25) is 14.4 Å². The van der Waals surface area contributed by atoms with Gasteiger partial charge in [-0.05, 0) is 43.9 Å². The molecule has 27 heavy (non-hydrogen) atoms. The summed E-state index contributed by atoms with van der Waals surface area (Å²) in [6.45, 7) is 4.92. The second-order valence-corrected chi connectivity index (χ2v) is 6.95. The first kappa shape index (κ1) is 19.1. The molecule has 3 amide bonds. The molecule has 2 fully saturated rings. The highest BCUT2D eigenvalue weighted by molar-refractivity contribution is 6.00. The number of hydrogen-bond acceptors (Lipinski definition) is 3. The Hall–Kier alpha value is -2.70. The van der Waals surface area contributed by atoms with Crippen LogP contribution in [0, 0.1) is 11.7 Å². The first-order valence-electron chi connectivity index (χ1n) is 9.29. The summed E-state index contributed by atoms with van der Waals surface area (Å²) in [6.07, 6.45) is 3.63. The van der Waals surface area contributed by atoms with Crippen LogP contribution in [0.5, 0.6) is 0 Å². The zero-order valence-electron chi connectivity index (χ0n) is 15.2. The van der Waals surface area contributed by atoms with E-state index in [1.54, 1.807) is 23.1 Å². The van der Waals surface area contributed by atoms with Crippen LogP contribution in [0.25, 0.3) is 0 Å². The summed E-state index contributed by atoms with van der Waals surface area (Å²) >= 11 is 0. The second kappa shape index (κ2) is 8.33. The van der Waals surface area contributed by atoms with E-state index in [1.807, 2.05) is 0 Å². The fourth-order valence-corrected chi connectivity index (χ4v) is 3.70. The monoisotopic (exact) mass is 373 g/mol. The summed E-state index contributed by atoms with van der Waals surface area (Å²) in [6, 6.07) is 5.52. The van der Waals surface area contributed by atoms with Crippen LogP contribution in [0.15, 0.2) is 36.9 Å². The van der Waals surface area contributed by atoms with Crippen LogP contribution in [-0.4, -0.2) is 48.3 Å². The number of carbonyl (C=O) groups is 3. The van der Waals surface area contributed by atoms with Crippen molar-refractivity contribution in [3.8, 4) is 0 Å². The van der Waals surface area contributed by atoms with E-state index in [-0.39, 0.29) is 29.3 Å². The Morgan fingerprint density at radius 2 is 1.85 bits per heavy atom. The van der Waals surface area contributed by atoms with Gasteiger partial charge in [-0.25, -0.2) is 4.39 Å². The molecule has 2 aliphatic rings. The average Bonchev–Trinajstić information content (AvgIpc) is 2.69. The molecule has 7 heteroatoms. The Morgan fingerprint density at radius 1 is 1.15 bits per heavy atom. The lowest BCUT2D eigenvalue weighted by Crippen LogP contribution is -2.54. The molecule has 144 valence electrons. The Kier molecular flexibility index (Phi) is 5.88. The molecule has 6 nitrogen and oxygen atoms in total. The van der Waals surface area contributed by atoms with Crippen molar-refractivity contribution in [1.82, 2.24) is 10.2 Å². The number of rotatable bonds is 4. The third-order valence-electron chi connectivity index (χ3n) is 5.25. The molecule has 1 unspecified atom stereocenters. The van der Waals surface area contributed by atoms with Crippen LogP contribution in [0.2, 0.25) is 0 Å². The second-order valence-electron chi connectivity index (χ2n) is 6.95. The van der Waals surface area contributed by atoms with Gasteiger partial charge >= 0.3 is 0 Å². The molecule has 0 bridgehead atoms. The zero-order chi connectivity index (χ0) is 19.4. The smallest absolute Gasteiger partial charge is 0.249 e. The Labute approximate surface area is 158 Å². The number of piperidine rings is 2. The van der Waals surface area contributed by atoms with Crippen LogP contribution >= 0.6 is 0 Å². The summed E-state index contributed by atoms with van der Waals surface area (Å²) in [5, 5.41) is 2.84. The summed E-state index contributed by atoms with van der Waals surface area (Å²) in [7, 11) is 0. The first-order chi connectivity index (χ1) is 13.0. The van der Waals surface area contributed by atoms with Crippen molar-refractivity contribution in [3.63, 3.8) is 0 Å². The van der Waals surface area contributed by atoms with E-state index < -0.39 is 11.9 Å². The molecular formula is C20H24FN3O3. The van der Waals surface area contributed by atoms with Crippen LogP contribution in [0.1, 0.15) is 25.7 Å². The minimum Gasteiger partial charge on any atom is -0.344 e. The van der Waals surface area contributed by atoms with Gasteiger partial charge in [0.25, 0.3) is 0 Å². The molecule has 2 heterocycles. The molecule has 0 aromatic heterocycles. The molecule has 3 rings (SSSR count). The molecule has 0 radical (unpaired) electrons. The highest BCUT2D eigenvalue weighted by Crippen LogP contribution is 2.25. The molecule has 0 spiro atoms. The fraction of sp³-hybridized carbons (Fsp3) is 0.450. The Morgan fingerprint density at radius 3 is 2.52 bits per heavy atom. The average molecular weight is 373 g/mol. The summed E-state index contributed by atoms with van der Waals surface area (Å²) < 4.78 is 14.0. The fourth-order valence-electron chi connectivity index (χ4n) is 3.70. The molecule has 2 aliphatic heterocycles. The molecule has 1 atom stereocenters. The number of amides is 3. The van der Waals surface area contributed by atoms with Crippen molar-refractivity contribution in [1.29, 1.82) is 0 Å². The van der Waals surface area contributed by atoms with Crippen LogP contribution in [0.4, 0.5) is 10.1 Å². The van der Waals surface area contributed by atoms with Gasteiger partial charge < -0.3 is 15.1 Å². The summed E-state index contributed by atoms with van der Waals surface area (Å²) in [5.74, 6) is -1.25. The van der Waals surface area contributed by atoms with E-state index in [0.717, 1.165) is 0 Å². The molecule has 2 saturated heterocycles. The lowest BCUT2D eigenvalue weighted by Gasteiger charge is -2.35. The van der Waals surface area contributed by atoms with Crippen LogP contribution in [0.3, 0.4) is 0 Å². The van der Waals surface area contributed by atoms with Crippen molar-refractivity contribution in [3.05, 3.63) is 42.7 Å². The first-order valence-corrected chi connectivity index (χ1v) is 9.29. The van der Waals surface area contributed by atoms with E-state index in [9.17, 15) is 18.8 Å². The summed E-state index contributed by atoms with van der Waals surface area (Å²) in [4.78, 5) is 40.1. The standard InChI is InChI=1S/C20H24FN3O3/c1-2-18(25)23-12-9-14(10-13-23)19(26)22-16-7-5-11-24(20(16)27)17-8-4-3-6-15(17)21/h2-4,6,8,14,16H,1,5,7,9-13H2,(H,22,26). The van der Waals surface area contributed by atoms with E-state index in [1.165, 1.54) is 17.0 Å². The number of benzene rings is 1. The number of nitrogens with one attached hydrogen (secondary N) is 1. The largest absolute Gasteiger partial charge is 0.344 e. The predicted molar refractivity (Wildman–Crippen MR) is 99.4 cm³/mol. The van der Waals surface area contributed by atoms with Gasteiger partial charge in [0.15, 0.2) is 0 Å². The number of para-hydroxylation sites is 1. The third-order valence-corrected chi connectivity index (χ3v) is 5.25. The van der Waals surface area contributed by atoms with Crippen molar-refractivity contribution in [2.75, 3.05) is 24.5 Å². The molecule has 1 N–H and O–H groups in total.